The quantitative estimate of drug-likeness (QED) is 0.590. The molecule has 0 aliphatic heterocycles. The van der Waals surface area contributed by atoms with Gasteiger partial charge in [0, 0.05) is 6.20 Å². The lowest BCUT2D eigenvalue weighted by Crippen LogP contribution is -1.94. The Bertz CT molecular complexity index is 584. The number of hydrogen-bond acceptors (Lipinski definition) is 3. The Morgan fingerprint density at radius 2 is 2.06 bits per heavy atom. The number of nitrogens with zero attached hydrogens (tertiary/aromatic N) is 2. The van der Waals surface area contributed by atoms with Crippen molar-refractivity contribution in [1.29, 1.82) is 0 Å². The van der Waals surface area contributed by atoms with Crippen LogP contribution in [0.5, 0.6) is 0 Å². The van der Waals surface area contributed by atoms with Gasteiger partial charge in [-0.15, -0.1) is 0 Å². The van der Waals surface area contributed by atoms with E-state index >= 15 is 0 Å². The summed E-state index contributed by atoms with van der Waals surface area (Å²) >= 11 is 0. The Morgan fingerprint density at radius 1 is 1.29 bits per heavy atom. The van der Waals surface area contributed by atoms with E-state index in [1.165, 1.54) is 30.6 Å². The molecule has 5 heteroatoms. The van der Waals surface area contributed by atoms with Gasteiger partial charge in [-0.25, -0.2) is 4.39 Å². The first-order valence-electron chi connectivity index (χ1n) is 4.94. The van der Waals surface area contributed by atoms with Crippen LogP contribution in [0, 0.1) is 22.9 Å². The van der Waals surface area contributed by atoms with Gasteiger partial charge in [-0.2, -0.15) is 0 Å². The Hall–Kier alpha value is -2.30. The van der Waals surface area contributed by atoms with Gasteiger partial charge in [0.2, 0.25) is 0 Å². The minimum atomic E-state index is -0.495. The molecule has 0 aliphatic carbocycles. The summed E-state index contributed by atoms with van der Waals surface area (Å²) in [4.78, 5) is 14.1. The number of rotatable bonds is 2. The fraction of sp³-hybridized carbons (Fsp3) is 0.0833. The molecule has 86 valence electrons. The number of hydrogen-bond donors (Lipinski definition) is 0. The molecule has 4 nitrogen and oxygen atoms in total. The minimum absolute atomic E-state index is 0.0813. The highest BCUT2D eigenvalue weighted by atomic mass is 19.1. The topological polar surface area (TPSA) is 56.0 Å². The van der Waals surface area contributed by atoms with Gasteiger partial charge in [0.25, 0.3) is 5.69 Å². The van der Waals surface area contributed by atoms with Crippen molar-refractivity contribution in [2.24, 2.45) is 0 Å². The van der Waals surface area contributed by atoms with Gasteiger partial charge in [0.1, 0.15) is 12.0 Å². The highest BCUT2D eigenvalue weighted by Gasteiger charge is 2.16. The van der Waals surface area contributed by atoms with E-state index in [0.717, 1.165) is 0 Å². The average molecular weight is 232 g/mol. The third-order valence-corrected chi connectivity index (χ3v) is 2.48. The zero-order valence-electron chi connectivity index (χ0n) is 9.05. The summed E-state index contributed by atoms with van der Waals surface area (Å²) in [5, 5.41) is 10.9. The summed E-state index contributed by atoms with van der Waals surface area (Å²) in [6.45, 7) is 1.71. The van der Waals surface area contributed by atoms with E-state index in [1.807, 2.05) is 0 Å². The number of aryl methyl sites for hydroxylation is 1. The summed E-state index contributed by atoms with van der Waals surface area (Å²) in [5.74, 6) is -0.358. The molecule has 0 unspecified atom stereocenters. The van der Waals surface area contributed by atoms with Crippen molar-refractivity contribution in [1.82, 2.24) is 4.98 Å². The molecule has 0 aliphatic rings. The van der Waals surface area contributed by atoms with Gasteiger partial charge < -0.3 is 0 Å². The highest BCUT2D eigenvalue weighted by molar-refractivity contribution is 5.75. The molecule has 17 heavy (non-hydrogen) atoms. The summed E-state index contributed by atoms with van der Waals surface area (Å²) < 4.78 is 13.0. The summed E-state index contributed by atoms with van der Waals surface area (Å²) in [6, 6.07) is 5.72. The number of nitro groups is 1. The van der Waals surface area contributed by atoms with Crippen LogP contribution in [0.1, 0.15) is 5.56 Å². The van der Waals surface area contributed by atoms with Gasteiger partial charge in [0.05, 0.1) is 10.5 Å². The van der Waals surface area contributed by atoms with E-state index in [-0.39, 0.29) is 11.5 Å². The van der Waals surface area contributed by atoms with Gasteiger partial charge in [-0.3, -0.25) is 15.1 Å². The highest BCUT2D eigenvalue weighted by Crippen LogP contribution is 2.31. The molecule has 1 aromatic heterocycles. The van der Waals surface area contributed by atoms with Crippen molar-refractivity contribution >= 4 is 5.69 Å². The van der Waals surface area contributed by atoms with Gasteiger partial charge in [-0.05, 0) is 36.2 Å². The molecule has 2 aromatic rings. The van der Waals surface area contributed by atoms with Crippen LogP contribution in [0.2, 0.25) is 0 Å². The predicted molar refractivity (Wildman–Crippen MR) is 61.0 cm³/mol. The third kappa shape index (κ3) is 2.13. The van der Waals surface area contributed by atoms with Crippen molar-refractivity contribution in [3.8, 4) is 11.1 Å². The molecule has 1 heterocycles. The Labute approximate surface area is 96.9 Å². The van der Waals surface area contributed by atoms with Crippen LogP contribution in [0.4, 0.5) is 10.1 Å². The molecule has 0 saturated carbocycles. The second-order valence-corrected chi connectivity index (χ2v) is 3.61. The van der Waals surface area contributed by atoms with Gasteiger partial charge in [0.15, 0.2) is 0 Å². The maximum Gasteiger partial charge on any atom is 0.295 e. The van der Waals surface area contributed by atoms with E-state index < -0.39 is 4.92 Å². The molecular weight excluding hydrogens is 223 g/mol. The van der Waals surface area contributed by atoms with E-state index in [4.69, 9.17) is 0 Å². The molecule has 0 amide bonds. The lowest BCUT2D eigenvalue weighted by molar-refractivity contribution is -0.384. The maximum absolute atomic E-state index is 13.0. The monoisotopic (exact) mass is 232 g/mol. The molecule has 0 saturated heterocycles. The number of halogens is 1. The molecule has 0 fully saturated rings. The molecular formula is C12H9FN2O2. The molecule has 2 rings (SSSR count). The smallest absolute Gasteiger partial charge is 0.258 e. The molecule has 0 spiro atoms. The van der Waals surface area contributed by atoms with Crippen LogP contribution in [-0.2, 0) is 0 Å². The Kier molecular flexibility index (Phi) is 2.82. The van der Waals surface area contributed by atoms with Crippen molar-refractivity contribution in [3.05, 3.63) is 58.2 Å². The molecule has 0 atom stereocenters. The third-order valence-electron chi connectivity index (χ3n) is 2.48. The van der Waals surface area contributed by atoms with E-state index in [2.05, 4.69) is 4.98 Å². The zero-order valence-corrected chi connectivity index (χ0v) is 9.05. The molecule has 0 N–H and O–H groups in total. The van der Waals surface area contributed by atoms with Crippen LogP contribution in [0.25, 0.3) is 11.1 Å². The normalized spacial score (nSPS) is 10.2. The minimum Gasteiger partial charge on any atom is -0.258 e. The van der Waals surface area contributed by atoms with Crippen molar-refractivity contribution in [2.45, 2.75) is 6.92 Å². The summed E-state index contributed by atoms with van der Waals surface area (Å²) in [5.41, 5.74) is 1.66. The predicted octanol–water partition coefficient (Wildman–Crippen LogP) is 3.10. The number of aromatic nitrogens is 1. The molecule has 1 aromatic carbocycles. The fourth-order valence-electron chi connectivity index (χ4n) is 1.69. The standard InChI is InChI=1S/C12H9FN2O2/c1-8-6-9(13)2-3-10(8)11-4-5-14-7-12(11)15(16)17/h2-7H,1H3. The first-order valence-corrected chi connectivity index (χ1v) is 4.94. The van der Waals surface area contributed by atoms with E-state index in [9.17, 15) is 14.5 Å². The van der Waals surface area contributed by atoms with E-state index in [1.54, 1.807) is 13.0 Å². The van der Waals surface area contributed by atoms with Crippen LogP contribution in [0.3, 0.4) is 0 Å². The van der Waals surface area contributed by atoms with Crippen LogP contribution >= 0.6 is 0 Å². The molecule has 0 radical (unpaired) electrons. The number of pyridine rings is 1. The lowest BCUT2D eigenvalue weighted by Gasteiger charge is -2.06. The molecule has 0 bridgehead atoms. The Morgan fingerprint density at radius 3 is 2.71 bits per heavy atom. The summed E-state index contributed by atoms with van der Waals surface area (Å²) in [6.07, 6.45) is 2.67. The first kappa shape index (κ1) is 11.2. The SMILES string of the molecule is Cc1cc(F)ccc1-c1ccncc1[N+](=O)[O-]. The largest absolute Gasteiger partial charge is 0.295 e. The summed E-state index contributed by atoms with van der Waals surface area (Å²) in [7, 11) is 0. The lowest BCUT2D eigenvalue weighted by atomic mass is 10.0. The first-order chi connectivity index (χ1) is 8.09. The Balaban J connectivity index is 2.64. The van der Waals surface area contributed by atoms with Gasteiger partial charge >= 0.3 is 0 Å². The van der Waals surface area contributed by atoms with Crippen LogP contribution < -0.4 is 0 Å². The fourth-order valence-corrected chi connectivity index (χ4v) is 1.69. The van der Waals surface area contributed by atoms with Crippen LogP contribution in [-0.4, -0.2) is 9.91 Å². The van der Waals surface area contributed by atoms with Crippen LogP contribution in [0.15, 0.2) is 36.7 Å². The average Bonchev–Trinajstić information content (AvgIpc) is 2.29. The van der Waals surface area contributed by atoms with Crippen molar-refractivity contribution < 1.29 is 9.31 Å². The van der Waals surface area contributed by atoms with Crippen molar-refractivity contribution in [2.75, 3.05) is 0 Å². The second-order valence-electron chi connectivity index (χ2n) is 3.61. The van der Waals surface area contributed by atoms with Gasteiger partial charge in [-0.1, -0.05) is 6.07 Å². The number of benzene rings is 1. The van der Waals surface area contributed by atoms with Crippen molar-refractivity contribution in [3.63, 3.8) is 0 Å². The van der Waals surface area contributed by atoms with E-state index in [0.29, 0.717) is 16.7 Å². The maximum atomic E-state index is 13.0. The zero-order chi connectivity index (χ0) is 12.4. The second kappa shape index (κ2) is 4.29.